The molecular weight excluding hydrogens is 450 g/mol. The Morgan fingerprint density at radius 1 is 1.03 bits per heavy atom. The number of carbonyl (C=O) groups is 1. The molecule has 0 spiro atoms. The number of thioether (sulfide) groups is 1. The molecule has 5 aromatic rings. The molecule has 0 atom stereocenters. The smallest absolute Gasteiger partial charge is 0.255 e. The summed E-state index contributed by atoms with van der Waals surface area (Å²) < 4.78 is 4.04. The number of thiazole rings is 1. The molecule has 8 heteroatoms. The molecule has 0 aliphatic heterocycles. The summed E-state index contributed by atoms with van der Waals surface area (Å²) in [5.74, 6) is 0.595. The van der Waals surface area contributed by atoms with Gasteiger partial charge < -0.3 is 5.32 Å². The van der Waals surface area contributed by atoms with E-state index >= 15 is 0 Å². The van der Waals surface area contributed by atoms with E-state index in [9.17, 15) is 4.79 Å². The first-order valence-corrected chi connectivity index (χ1v) is 12.3. The lowest BCUT2D eigenvalue weighted by Crippen LogP contribution is -2.12. The molecule has 0 bridgehead atoms. The fraction of sp³-hybridized carbons (Fsp3) is 0.120. The minimum atomic E-state index is -0.125. The highest BCUT2D eigenvalue weighted by Gasteiger charge is 2.09. The van der Waals surface area contributed by atoms with Crippen LogP contribution < -0.4 is 5.32 Å². The van der Waals surface area contributed by atoms with Gasteiger partial charge in [-0.05, 0) is 48.9 Å². The molecule has 6 nitrogen and oxygen atoms in total. The van der Waals surface area contributed by atoms with Crippen LogP contribution in [0.4, 0.5) is 5.69 Å². The number of rotatable bonds is 7. The van der Waals surface area contributed by atoms with Gasteiger partial charge in [-0.15, -0.1) is 16.4 Å². The summed E-state index contributed by atoms with van der Waals surface area (Å²) in [5.41, 5.74) is 5.55. The number of nitrogens with zero attached hydrogens (tertiary/aromatic N) is 4. The number of hydrogen-bond acceptors (Lipinski definition) is 6. The summed E-state index contributed by atoms with van der Waals surface area (Å²) in [4.78, 5) is 17.1. The van der Waals surface area contributed by atoms with Crippen molar-refractivity contribution < 1.29 is 4.79 Å². The Bertz CT molecular complexity index is 1360. The number of aromatic nitrogens is 4. The predicted octanol–water partition coefficient (Wildman–Crippen LogP) is 5.79. The van der Waals surface area contributed by atoms with E-state index in [4.69, 9.17) is 0 Å². The van der Waals surface area contributed by atoms with E-state index in [1.54, 1.807) is 23.1 Å². The van der Waals surface area contributed by atoms with Crippen LogP contribution in [0.1, 0.15) is 27.2 Å². The summed E-state index contributed by atoms with van der Waals surface area (Å²) in [6.45, 7) is 2.61. The number of benzene rings is 3. The number of carbonyl (C=O) groups excluding carboxylic acids is 1. The topological polar surface area (TPSA) is 72.7 Å². The monoisotopic (exact) mass is 471 g/mol. The number of para-hydroxylation sites is 1. The summed E-state index contributed by atoms with van der Waals surface area (Å²) >= 11 is 3.37. The zero-order valence-corrected chi connectivity index (χ0v) is 19.6. The molecule has 1 N–H and O–H groups in total. The molecule has 2 aromatic heterocycles. The maximum Gasteiger partial charge on any atom is 0.255 e. The third-order valence-electron chi connectivity index (χ3n) is 5.07. The van der Waals surface area contributed by atoms with Gasteiger partial charge in [0.15, 0.2) is 4.34 Å². The molecular formula is C25H21N5OS2. The van der Waals surface area contributed by atoms with Crippen molar-refractivity contribution in [3.8, 4) is 0 Å². The lowest BCUT2D eigenvalue weighted by molar-refractivity contribution is 0.102. The standard InChI is InChI=1S/C25H21N5OS2/c1-17-6-12-20(13-7-17)26-24(31)19-10-8-18(9-11-19)14-30-15-21(28-29-30)16-32-25-27-22-4-2-3-5-23(22)33-25/h2-13,15H,14,16H2,1H3,(H,26,31). The van der Waals surface area contributed by atoms with Gasteiger partial charge in [0.05, 0.1) is 22.5 Å². The van der Waals surface area contributed by atoms with Gasteiger partial charge >= 0.3 is 0 Å². The van der Waals surface area contributed by atoms with Crippen LogP contribution >= 0.6 is 23.1 Å². The zero-order chi connectivity index (χ0) is 22.6. The molecule has 0 aliphatic carbocycles. The molecule has 0 saturated heterocycles. The average molecular weight is 472 g/mol. The molecule has 0 aliphatic rings. The largest absolute Gasteiger partial charge is 0.322 e. The summed E-state index contributed by atoms with van der Waals surface area (Å²) in [6.07, 6.45) is 1.96. The van der Waals surface area contributed by atoms with Crippen LogP contribution in [0.3, 0.4) is 0 Å². The minimum Gasteiger partial charge on any atom is -0.322 e. The predicted molar refractivity (Wildman–Crippen MR) is 134 cm³/mol. The Balaban J connectivity index is 1.17. The van der Waals surface area contributed by atoms with E-state index in [1.165, 1.54) is 4.70 Å². The van der Waals surface area contributed by atoms with Gasteiger partial charge in [-0.25, -0.2) is 9.67 Å². The second-order valence-electron chi connectivity index (χ2n) is 7.66. The van der Waals surface area contributed by atoms with Crippen molar-refractivity contribution in [2.75, 3.05) is 5.32 Å². The second kappa shape index (κ2) is 9.56. The van der Waals surface area contributed by atoms with E-state index in [-0.39, 0.29) is 5.91 Å². The molecule has 0 radical (unpaired) electrons. The average Bonchev–Trinajstić information content (AvgIpc) is 3.46. The number of aryl methyl sites for hydroxylation is 1. The number of fused-ring (bicyclic) bond motifs is 1. The van der Waals surface area contributed by atoms with Gasteiger partial charge in [0.1, 0.15) is 0 Å². The number of hydrogen-bond donors (Lipinski definition) is 1. The highest BCUT2D eigenvalue weighted by molar-refractivity contribution is 8.00. The fourth-order valence-electron chi connectivity index (χ4n) is 3.32. The number of anilines is 1. The van der Waals surface area contributed by atoms with Gasteiger partial charge in [0, 0.05) is 23.2 Å². The lowest BCUT2D eigenvalue weighted by Gasteiger charge is -2.07. The highest BCUT2D eigenvalue weighted by Crippen LogP contribution is 2.30. The normalized spacial score (nSPS) is 11.1. The van der Waals surface area contributed by atoms with Gasteiger partial charge in [-0.3, -0.25) is 4.79 Å². The van der Waals surface area contributed by atoms with E-state index in [0.717, 1.165) is 38.1 Å². The van der Waals surface area contributed by atoms with Gasteiger partial charge in [0.25, 0.3) is 5.91 Å². The highest BCUT2D eigenvalue weighted by atomic mass is 32.2. The SMILES string of the molecule is Cc1ccc(NC(=O)c2ccc(Cn3cc(CSc4nc5ccccc5s4)nn3)cc2)cc1. The molecule has 0 unspecified atom stereocenters. The van der Waals surface area contributed by atoms with Crippen LogP contribution in [0.2, 0.25) is 0 Å². The summed E-state index contributed by atoms with van der Waals surface area (Å²) in [6, 6.07) is 23.5. The van der Waals surface area contributed by atoms with Crippen LogP contribution in [0.5, 0.6) is 0 Å². The third-order valence-corrected chi connectivity index (χ3v) is 7.29. The van der Waals surface area contributed by atoms with Crippen LogP contribution in [0.25, 0.3) is 10.2 Å². The molecule has 1 amide bonds. The molecule has 3 aromatic carbocycles. The Hall–Kier alpha value is -3.49. The van der Waals surface area contributed by atoms with Crippen LogP contribution in [-0.4, -0.2) is 25.9 Å². The van der Waals surface area contributed by atoms with Crippen LogP contribution in [-0.2, 0) is 12.3 Å². The maximum absolute atomic E-state index is 12.5. The van der Waals surface area contributed by atoms with Crippen molar-refractivity contribution in [3.63, 3.8) is 0 Å². The van der Waals surface area contributed by atoms with Crippen molar-refractivity contribution in [2.24, 2.45) is 0 Å². The van der Waals surface area contributed by atoms with E-state index in [0.29, 0.717) is 12.1 Å². The van der Waals surface area contributed by atoms with E-state index < -0.39 is 0 Å². The first-order valence-electron chi connectivity index (χ1n) is 10.5. The van der Waals surface area contributed by atoms with Crippen molar-refractivity contribution in [2.45, 2.75) is 23.6 Å². The zero-order valence-electron chi connectivity index (χ0n) is 17.9. The van der Waals surface area contributed by atoms with Crippen LogP contribution in [0.15, 0.2) is 83.3 Å². The van der Waals surface area contributed by atoms with Gasteiger partial charge in [-0.2, -0.15) is 0 Å². The molecule has 33 heavy (non-hydrogen) atoms. The maximum atomic E-state index is 12.5. The Morgan fingerprint density at radius 2 is 1.82 bits per heavy atom. The fourth-order valence-corrected chi connectivity index (χ4v) is 5.26. The second-order valence-corrected chi connectivity index (χ2v) is 9.91. The van der Waals surface area contributed by atoms with Gasteiger partial charge in [0.2, 0.25) is 0 Å². The quantitative estimate of drug-likeness (QED) is 0.304. The van der Waals surface area contributed by atoms with Crippen LogP contribution in [0, 0.1) is 6.92 Å². The van der Waals surface area contributed by atoms with Gasteiger partial charge in [-0.1, -0.05) is 58.9 Å². The van der Waals surface area contributed by atoms with Crippen molar-refractivity contribution in [1.29, 1.82) is 0 Å². The molecule has 164 valence electrons. The minimum absolute atomic E-state index is 0.125. The Labute approximate surface area is 199 Å². The molecule has 5 rings (SSSR count). The first kappa shape index (κ1) is 21.4. The molecule has 2 heterocycles. The third kappa shape index (κ3) is 5.30. The van der Waals surface area contributed by atoms with Crippen molar-refractivity contribution in [3.05, 3.63) is 101 Å². The van der Waals surface area contributed by atoms with Crippen molar-refractivity contribution in [1.82, 2.24) is 20.0 Å². The van der Waals surface area contributed by atoms with E-state index in [2.05, 4.69) is 26.7 Å². The lowest BCUT2D eigenvalue weighted by atomic mass is 10.1. The van der Waals surface area contributed by atoms with E-state index in [1.807, 2.05) is 84.5 Å². The first-order chi connectivity index (χ1) is 16.1. The summed E-state index contributed by atoms with van der Waals surface area (Å²) in [7, 11) is 0. The van der Waals surface area contributed by atoms with Crippen molar-refractivity contribution >= 4 is 44.9 Å². The number of amides is 1. The number of nitrogens with one attached hydrogen (secondary N) is 1. The summed E-state index contributed by atoms with van der Waals surface area (Å²) in [5, 5.41) is 11.4. The Kier molecular flexibility index (Phi) is 6.19. The molecule has 0 saturated carbocycles. The molecule has 0 fully saturated rings. The Morgan fingerprint density at radius 3 is 2.61 bits per heavy atom.